The highest BCUT2D eigenvalue weighted by atomic mass is 19.1. The van der Waals surface area contributed by atoms with E-state index >= 15 is 4.39 Å². The fourth-order valence-corrected chi connectivity index (χ4v) is 6.90. The maximum absolute atomic E-state index is 16.2. The van der Waals surface area contributed by atoms with Gasteiger partial charge in [0.05, 0.1) is 16.8 Å². The number of ether oxygens (including phenoxy) is 1. The molecule has 0 saturated carbocycles. The summed E-state index contributed by atoms with van der Waals surface area (Å²) < 4.78 is 24.6. The minimum atomic E-state index is -0.563. The van der Waals surface area contributed by atoms with Crippen molar-refractivity contribution in [2.75, 3.05) is 44.2 Å². The van der Waals surface area contributed by atoms with Crippen molar-refractivity contribution in [1.29, 1.82) is 0 Å². The summed E-state index contributed by atoms with van der Waals surface area (Å²) in [7, 11) is 0. The Morgan fingerprint density at radius 1 is 1.07 bits per heavy atom. The standard InChI is InChI=1S/C34H31FN6O3/c35-26-17-24-30-33(31(26)40-13-7-23(19-40)27-18-36-8-9-37-27)44-29-16-22-6-2-1-5-21(22)15-28(29)41(30)20-25(32(24)42)34(43)38-10-14-39-11-3-4-12-39/h1-2,5-6,8-9,15-18,20,23H,3-4,7,10-14,19H2,(H,38,43). The number of nitrogens with one attached hydrogen (secondary N) is 1. The Bertz CT molecular complexity index is 1990. The van der Waals surface area contributed by atoms with Crippen LogP contribution in [0.2, 0.25) is 0 Å². The molecule has 5 aromatic rings. The van der Waals surface area contributed by atoms with Crippen molar-refractivity contribution in [2.24, 2.45) is 0 Å². The van der Waals surface area contributed by atoms with Crippen LogP contribution in [0.4, 0.5) is 10.1 Å². The summed E-state index contributed by atoms with van der Waals surface area (Å²) >= 11 is 0. The number of halogens is 1. The number of carbonyl (C=O) groups is 1. The maximum Gasteiger partial charge on any atom is 0.256 e. The van der Waals surface area contributed by atoms with Gasteiger partial charge in [0.15, 0.2) is 17.3 Å². The summed E-state index contributed by atoms with van der Waals surface area (Å²) in [6.07, 6.45) is 9.74. The predicted molar refractivity (Wildman–Crippen MR) is 167 cm³/mol. The van der Waals surface area contributed by atoms with E-state index < -0.39 is 17.2 Å². The van der Waals surface area contributed by atoms with E-state index in [2.05, 4.69) is 20.2 Å². The van der Waals surface area contributed by atoms with Gasteiger partial charge in [0.25, 0.3) is 5.91 Å². The molecule has 0 aliphatic carbocycles. The summed E-state index contributed by atoms with van der Waals surface area (Å²) in [5.41, 5.74) is 1.75. The molecule has 1 atom stereocenters. The minimum Gasteiger partial charge on any atom is -0.451 e. The van der Waals surface area contributed by atoms with E-state index in [-0.39, 0.29) is 22.6 Å². The maximum atomic E-state index is 16.2. The Balaban J connectivity index is 1.25. The Kier molecular flexibility index (Phi) is 6.52. The molecule has 2 saturated heterocycles. The Labute approximate surface area is 252 Å². The summed E-state index contributed by atoms with van der Waals surface area (Å²) in [5.74, 6) is -0.142. The van der Waals surface area contributed by atoms with E-state index in [1.807, 2.05) is 45.9 Å². The number of anilines is 1. The highest BCUT2D eigenvalue weighted by Crippen LogP contribution is 2.48. The van der Waals surface area contributed by atoms with Crippen LogP contribution in [0.15, 0.2) is 72.0 Å². The zero-order chi connectivity index (χ0) is 29.8. The third-order valence-electron chi connectivity index (χ3n) is 9.13. The van der Waals surface area contributed by atoms with Gasteiger partial charge in [-0.25, -0.2) is 4.39 Å². The topological polar surface area (TPSA) is 92.6 Å². The van der Waals surface area contributed by atoms with E-state index in [0.717, 1.165) is 55.4 Å². The molecule has 3 aliphatic rings. The normalized spacial score (nSPS) is 17.7. The minimum absolute atomic E-state index is 0.0260. The van der Waals surface area contributed by atoms with E-state index in [0.29, 0.717) is 42.3 Å². The van der Waals surface area contributed by atoms with Gasteiger partial charge in [-0.3, -0.25) is 19.6 Å². The fraction of sp³-hybridized carbons (Fsp3) is 0.294. The molecule has 0 radical (unpaired) electrons. The Hall–Kier alpha value is -4.83. The fourth-order valence-electron chi connectivity index (χ4n) is 6.90. The lowest BCUT2D eigenvalue weighted by Crippen LogP contribution is -2.36. The number of benzene rings is 3. The SMILES string of the molecule is O=C(NCCN1CCCC1)c1cn2c3c(c(N4CCC(c5cnccn5)C4)c(F)cc3c1=O)Oc1cc3ccccc3cc1-2. The second kappa shape index (κ2) is 10.7. The number of aromatic nitrogens is 3. The van der Waals surface area contributed by atoms with E-state index in [4.69, 9.17) is 4.74 Å². The summed E-state index contributed by atoms with van der Waals surface area (Å²) in [4.78, 5) is 40.2. The van der Waals surface area contributed by atoms with Gasteiger partial charge in [-0.1, -0.05) is 24.3 Å². The van der Waals surface area contributed by atoms with E-state index in [1.165, 1.54) is 6.07 Å². The monoisotopic (exact) mass is 590 g/mol. The molecule has 222 valence electrons. The van der Waals surface area contributed by atoms with Crippen LogP contribution >= 0.6 is 0 Å². The van der Waals surface area contributed by atoms with Crippen LogP contribution < -0.4 is 20.4 Å². The third-order valence-corrected chi connectivity index (χ3v) is 9.13. The van der Waals surface area contributed by atoms with Crippen LogP contribution in [-0.2, 0) is 0 Å². The second-order valence-electron chi connectivity index (χ2n) is 11.8. The second-order valence-corrected chi connectivity index (χ2v) is 11.8. The lowest BCUT2D eigenvalue weighted by atomic mass is 10.0. The molecular formula is C34H31FN6O3. The molecular weight excluding hydrogens is 559 g/mol. The smallest absolute Gasteiger partial charge is 0.256 e. The molecule has 2 aromatic heterocycles. The Morgan fingerprint density at radius 2 is 1.89 bits per heavy atom. The third kappa shape index (κ3) is 4.48. The number of hydrogen-bond donors (Lipinski definition) is 1. The molecule has 1 N–H and O–H groups in total. The summed E-state index contributed by atoms with van der Waals surface area (Å²) in [5, 5.41) is 4.98. The van der Waals surface area contributed by atoms with Crippen molar-refractivity contribution in [3.63, 3.8) is 0 Å². The highest BCUT2D eigenvalue weighted by molar-refractivity contribution is 6.02. The first-order chi connectivity index (χ1) is 21.5. The molecule has 1 amide bonds. The quantitative estimate of drug-likeness (QED) is 0.292. The van der Waals surface area contributed by atoms with Crippen molar-refractivity contribution < 1.29 is 13.9 Å². The first-order valence-corrected chi connectivity index (χ1v) is 15.2. The van der Waals surface area contributed by atoms with Gasteiger partial charge in [-0.15, -0.1) is 0 Å². The van der Waals surface area contributed by atoms with Gasteiger partial charge in [0.1, 0.15) is 16.8 Å². The van der Waals surface area contributed by atoms with Gasteiger partial charge in [-0.05, 0) is 61.3 Å². The van der Waals surface area contributed by atoms with Crippen LogP contribution in [0.3, 0.4) is 0 Å². The van der Waals surface area contributed by atoms with Crippen LogP contribution in [0.1, 0.15) is 41.2 Å². The molecule has 0 spiro atoms. The molecule has 3 aromatic carbocycles. The van der Waals surface area contributed by atoms with Gasteiger partial charge in [0.2, 0.25) is 5.43 Å². The molecule has 0 bridgehead atoms. The number of nitrogens with zero attached hydrogens (tertiary/aromatic N) is 5. The van der Waals surface area contributed by atoms with Gasteiger partial charge in [-0.2, -0.15) is 0 Å². The molecule has 9 nitrogen and oxygen atoms in total. The number of rotatable bonds is 6. The van der Waals surface area contributed by atoms with Crippen LogP contribution in [0.5, 0.6) is 11.5 Å². The van der Waals surface area contributed by atoms with Crippen molar-refractivity contribution in [2.45, 2.75) is 25.2 Å². The number of pyridine rings is 1. The molecule has 44 heavy (non-hydrogen) atoms. The summed E-state index contributed by atoms with van der Waals surface area (Å²) in [6, 6.07) is 13.1. The number of likely N-dealkylation sites (tertiary alicyclic amines) is 1. The van der Waals surface area contributed by atoms with Crippen molar-refractivity contribution >= 4 is 33.3 Å². The van der Waals surface area contributed by atoms with Crippen LogP contribution in [0, 0.1) is 5.82 Å². The van der Waals surface area contributed by atoms with Crippen molar-refractivity contribution in [3.05, 3.63) is 94.5 Å². The van der Waals surface area contributed by atoms with Crippen molar-refractivity contribution in [3.8, 4) is 17.2 Å². The molecule has 2 fully saturated rings. The molecule has 3 aliphatic heterocycles. The van der Waals surface area contributed by atoms with Crippen molar-refractivity contribution in [1.82, 2.24) is 24.8 Å². The number of carbonyl (C=O) groups excluding carboxylic acids is 1. The van der Waals surface area contributed by atoms with E-state index in [1.54, 1.807) is 24.8 Å². The molecule has 8 rings (SSSR count). The molecule has 1 unspecified atom stereocenters. The average Bonchev–Trinajstić information content (AvgIpc) is 3.75. The van der Waals surface area contributed by atoms with Gasteiger partial charge >= 0.3 is 0 Å². The van der Waals surface area contributed by atoms with Crippen LogP contribution in [-0.4, -0.2) is 64.6 Å². The predicted octanol–water partition coefficient (Wildman–Crippen LogP) is 5.00. The van der Waals surface area contributed by atoms with Gasteiger partial charge < -0.3 is 24.4 Å². The first-order valence-electron chi connectivity index (χ1n) is 15.2. The first kappa shape index (κ1) is 26.8. The molecule has 5 heterocycles. The number of fused-ring (bicyclic) bond motifs is 3. The number of hydrogen-bond acceptors (Lipinski definition) is 7. The zero-order valence-electron chi connectivity index (χ0n) is 24.1. The average molecular weight is 591 g/mol. The number of amides is 1. The van der Waals surface area contributed by atoms with E-state index in [9.17, 15) is 9.59 Å². The lowest BCUT2D eigenvalue weighted by Gasteiger charge is -2.29. The lowest BCUT2D eigenvalue weighted by molar-refractivity contribution is 0.0948. The highest BCUT2D eigenvalue weighted by Gasteiger charge is 2.34. The Morgan fingerprint density at radius 3 is 2.68 bits per heavy atom. The largest absolute Gasteiger partial charge is 0.451 e. The van der Waals surface area contributed by atoms with Gasteiger partial charge in [0, 0.05) is 56.9 Å². The van der Waals surface area contributed by atoms with Crippen LogP contribution in [0.25, 0.3) is 27.4 Å². The summed E-state index contributed by atoms with van der Waals surface area (Å²) in [6.45, 7) is 4.32. The molecule has 10 heteroatoms. The zero-order valence-corrected chi connectivity index (χ0v) is 24.1.